The summed E-state index contributed by atoms with van der Waals surface area (Å²) in [5, 5.41) is 9.09. The van der Waals surface area contributed by atoms with E-state index in [0.29, 0.717) is 13.2 Å². The molecule has 1 saturated heterocycles. The third kappa shape index (κ3) is 2.50. The van der Waals surface area contributed by atoms with Crippen molar-refractivity contribution < 1.29 is 4.74 Å². The van der Waals surface area contributed by atoms with Gasteiger partial charge < -0.3 is 9.64 Å². The summed E-state index contributed by atoms with van der Waals surface area (Å²) in [6.07, 6.45) is 5.54. The molecule has 0 radical (unpaired) electrons. The lowest BCUT2D eigenvalue weighted by atomic mass is 9.87. The molecule has 0 aromatic rings. The van der Waals surface area contributed by atoms with Gasteiger partial charge in [-0.15, -0.1) is 0 Å². The molecule has 84 valence electrons. The molecule has 2 fully saturated rings. The highest BCUT2D eigenvalue weighted by molar-refractivity contribution is 5.05. The minimum atomic E-state index is -0.201. The maximum Gasteiger partial charge on any atom is 0.116 e. The molecule has 1 aliphatic heterocycles. The first-order chi connectivity index (χ1) is 7.24. The zero-order valence-corrected chi connectivity index (χ0v) is 9.54. The van der Waals surface area contributed by atoms with Crippen molar-refractivity contribution >= 4 is 0 Å². The zero-order chi connectivity index (χ0) is 10.7. The van der Waals surface area contributed by atoms with Crippen molar-refractivity contribution in [3.63, 3.8) is 0 Å². The number of hydrogen-bond acceptors (Lipinski definition) is 3. The fourth-order valence-corrected chi connectivity index (χ4v) is 2.75. The van der Waals surface area contributed by atoms with Gasteiger partial charge in [0.1, 0.15) is 5.41 Å². The first-order valence-corrected chi connectivity index (χ1v) is 5.92. The van der Waals surface area contributed by atoms with E-state index in [9.17, 15) is 0 Å². The third-order valence-corrected chi connectivity index (χ3v) is 3.61. The molecule has 0 unspecified atom stereocenters. The van der Waals surface area contributed by atoms with Crippen LogP contribution in [0.2, 0.25) is 0 Å². The van der Waals surface area contributed by atoms with Crippen LogP contribution in [0.25, 0.3) is 0 Å². The van der Waals surface area contributed by atoms with Gasteiger partial charge in [0.05, 0.1) is 19.3 Å². The minimum Gasteiger partial charge on any atom is -0.378 e. The standard InChI is InChI=1S/C12H20N2O/c1-14(6-11-4-2-3-5-11)8-12(7-13)9-15-10-12/h11H,2-6,8-10H2,1H3. The third-order valence-electron chi connectivity index (χ3n) is 3.61. The molecule has 0 aromatic heterocycles. The summed E-state index contributed by atoms with van der Waals surface area (Å²) in [5.41, 5.74) is -0.201. The number of hydrogen-bond donors (Lipinski definition) is 0. The molecule has 0 amide bonds. The van der Waals surface area contributed by atoms with E-state index in [1.54, 1.807) is 0 Å². The number of nitrogens with zero attached hydrogens (tertiary/aromatic N) is 2. The van der Waals surface area contributed by atoms with Crippen LogP contribution in [0.3, 0.4) is 0 Å². The van der Waals surface area contributed by atoms with Crippen LogP contribution in [0.4, 0.5) is 0 Å². The monoisotopic (exact) mass is 208 g/mol. The second kappa shape index (κ2) is 4.51. The molecule has 1 aliphatic carbocycles. The first-order valence-electron chi connectivity index (χ1n) is 5.92. The highest BCUT2D eigenvalue weighted by atomic mass is 16.5. The Balaban J connectivity index is 1.76. The largest absolute Gasteiger partial charge is 0.378 e. The topological polar surface area (TPSA) is 36.3 Å². The van der Waals surface area contributed by atoms with Crippen molar-refractivity contribution in [2.24, 2.45) is 11.3 Å². The molecule has 0 aromatic carbocycles. The Hall–Kier alpha value is -0.590. The Kier molecular flexibility index (Phi) is 3.28. The van der Waals surface area contributed by atoms with Gasteiger partial charge in [-0.1, -0.05) is 12.8 Å². The molecule has 3 heteroatoms. The molecular formula is C12H20N2O. The summed E-state index contributed by atoms with van der Waals surface area (Å²) in [7, 11) is 2.13. The molecular weight excluding hydrogens is 188 g/mol. The van der Waals surface area contributed by atoms with Crippen LogP contribution in [-0.2, 0) is 4.74 Å². The fourth-order valence-electron chi connectivity index (χ4n) is 2.75. The van der Waals surface area contributed by atoms with Crippen LogP contribution < -0.4 is 0 Å². The Labute approximate surface area is 92.0 Å². The predicted molar refractivity (Wildman–Crippen MR) is 58.3 cm³/mol. The van der Waals surface area contributed by atoms with E-state index in [-0.39, 0.29) is 5.41 Å². The quantitative estimate of drug-likeness (QED) is 0.705. The summed E-state index contributed by atoms with van der Waals surface area (Å²) < 4.78 is 5.15. The number of rotatable bonds is 4. The zero-order valence-electron chi connectivity index (χ0n) is 9.54. The van der Waals surface area contributed by atoms with E-state index in [1.165, 1.54) is 25.7 Å². The lowest BCUT2D eigenvalue weighted by molar-refractivity contribution is -0.0897. The van der Waals surface area contributed by atoms with E-state index < -0.39 is 0 Å². The van der Waals surface area contributed by atoms with Crippen molar-refractivity contribution in [3.8, 4) is 6.07 Å². The Morgan fingerprint density at radius 2 is 2.07 bits per heavy atom. The highest BCUT2D eigenvalue weighted by Crippen LogP contribution is 2.29. The minimum absolute atomic E-state index is 0.201. The van der Waals surface area contributed by atoms with Gasteiger partial charge in [-0.05, 0) is 25.8 Å². The molecule has 1 heterocycles. The van der Waals surface area contributed by atoms with Gasteiger partial charge in [0.2, 0.25) is 0 Å². The van der Waals surface area contributed by atoms with Crippen LogP contribution in [0.15, 0.2) is 0 Å². The van der Waals surface area contributed by atoms with Crippen LogP contribution in [-0.4, -0.2) is 38.3 Å². The fraction of sp³-hybridized carbons (Fsp3) is 0.917. The molecule has 3 nitrogen and oxygen atoms in total. The van der Waals surface area contributed by atoms with Crippen LogP contribution in [0, 0.1) is 22.7 Å². The van der Waals surface area contributed by atoms with Crippen molar-refractivity contribution in [3.05, 3.63) is 0 Å². The molecule has 0 N–H and O–H groups in total. The average Bonchev–Trinajstić information content (AvgIpc) is 2.64. The molecule has 0 bridgehead atoms. The molecule has 0 atom stereocenters. The van der Waals surface area contributed by atoms with Crippen molar-refractivity contribution in [1.29, 1.82) is 5.26 Å². The Bertz CT molecular complexity index is 249. The van der Waals surface area contributed by atoms with E-state index in [4.69, 9.17) is 10.00 Å². The van der Waals surface area contributed by atoms with Crippen molar-refractivity contribution in [2.75, 3.05) is 33.4 Å². The van der Waals surface area contributed by atoms with Crippen LogP contribution in [0.5, 0.6) is 0 Å². The lowest BCUT2D eigenvalue weighted by Gasteiger charge is -2.38. The summed E-state index contributed by atoms with van der Waals surface area (Å²) in [6, 6.07) is 2.40. The van der Waals surface area contributed by atoms with Gasteiger partial charge in [0.25, 0.3) is 0 Å². The van der Waals surface area contributed by atoms with E-state index >= 15 is 0 Å². The van der Waals surface area contributed by atoms with Crippen LogP contribution in [0.1, 0.15) is 25.7 Å². The molecule has 15 heavy (non-hydrogen) atoms. The summed E-state index contributed by atoms with van der Waals surface area (Å²) in [5.74, 6) is 0.867. The number of ether oxygens (including phenoxy) is 1. The van der Waals surface area contributed by atoms with Gasteiger partial charge in [0, 0.05) is 13.1 Å². The summed E-state index contributed by atoms with van der Waals surface area (Å²) >= 11 is 0. The lowest BCUT2D eigenvalue weighted by Crippen LogP contribution is -2.49. The highest BCUT2D eigenvalue weighted by Gasteiger charge is 2.40. The maximum atomic E-state index is 9.09. The normalized spacial score (nSPS) is 25.1. The van der Waals surface area contributed by atoms with Gasteiger partial charge in [0.15, 0.2) is 0 Å². The smallest absolute Gasteiger partial charge is 0.116 e. The molecule has 1 saturated carbocycles. The van der Waals surface area contributed by atoms with E-state index in [1.807, 2.05) is 0 Å². The van der Waals surface area contributed by atoms with E-state index in [2.05, 4.69) is 18.0 Å². The molecule has 2 aliphatic rings. The number of nitriles is 1. The van der Waals surface area contributed by atoms with Gasteiger partial charge >= 0.3 is 0 Å². The van der Waals surface area contributed by atoms with Crippen molar-refractivity contribution in [2.45, 2.75) is 25.7 Å². The van der Waals surface area contributed by atoms with Crippen molar-refractivity contribution in [1.82, 2.24) is 4.90 Å². The second-order valence-electron chi connectivity index (χ2n) is 5.23. The summed E-state index contributed by atoms with van der Waals surface area (Å²) in [6.45, 7) is 3.28. The first kappa shape index (κ1) is 10.9. The second-order valence-corrected chi connectivity index (χ2v) is 5.23. The SMILES string of the molecule is CN(CC1CCCC1)CC1(C#N)COC1. The van der Waals surface area contributed by atoms with Gasteiger partial charge in [-0.2, -0.15) is 5.26 Å². The average molecular weight is 208 g/mol. The van der Waals surface area contributed by atoms with Crippen LogP contribution >= 0.6 is 0 Å². The predicted octanol–water partition coefficient (Wildman–Crippen LogP) is 1.65. The van der Waals surface area contributed by atoms with Gasteiger partial charge in [-0.25, -0.2) is 0 Å². The van der Waals surface area contributed by atoms with E-state index in [0.717, 1.165) is 19.0 Å². The maximum absolute atomic E-state index is 9.09. The molecule has 0 spiro atoms. The molecule has 2 rings (SSSR count). The summed E-state index contributed by atoms with van der Waals surface area (Å²) in [4.78, 5) is 2.32. The Morgan fingerprint density at radius 3 is 2.53 bits per heavy atom. The Morgan fingerprint density at radius 1 is 1.40 bits per heavy atom. The van der Waals surface area contributed by atoms with Gasteiger partial charge in [-0.3, -0.25) is 0 Å².